The van der Waals surface area contributed by atoms with Gasteiger partial charge in [0.1, 0.15) is 0 Å². The molecule has 0 saturated heterocycles. The van der Waals surface area contributed by atoms with Crippen molar-refractivity contribution >= 4 is 5.97 Å². The molecule has 0 aliphatic carbocycles. The third kappa shape index (κ3) is 6.76. The molecule has 21 heavy (non-hydrogen) atoms. The third-order valence-electron chi connectivity index (χ3n) is 3.74. The van der Waals surface area contributed by atoms with Gasteiger partial charge < -0.3 is 10.1 Å². The van der Waals surface area contributed by atoms with Crippen molar-refractivity contribution in [3.63, 3.8) is 0 Å². The topological polar surface area (TPSA) is 38.3 Å². The van der Waals surface area contributed by atoms with E-state index in [9.17, 15) is 4.79 Å². The largest absolute Gasteiger partial charge is 0.466 e. The minimum absolute atomic E-state index is 0.115. The Morgan fingerprint density at radius 1 is 1.24 bits per heavy atom. The maximum absolute atomic E-state index is 11.7. The Balaban J connectivity index is 2.65. The second-order valence-corrected chi connectivity index (χ2v) is 5.64. The molecule has 1 aromatic rings. The van der Waals surface area contributed by atoms with Gasteiger partial charge in [-0.25, -0.2) is 0 Å². The summed E-state index contributed by atoms with van der Waals surface area (Å²) in [7, 11) is 0. The fourth-order valence-corrected chi connectivity index (χ4v) is 2.34. The maximum Gasteiger partial charge on any atom is 0.307 e. The number of carbonyl (C=O) groups excluding carboxylic acids is 1. The van der Waals surface area contributed by atoms with Crippen molar-refractivity contribution in [2.24, 2.45) is 0 Å². The summed E-state index contributed by atoms with van der Waals surface area (Å²) in [6.45, 7) is 9.67. The van der Waals surface area contributed by atoms with E-state index in [0.717, 1.165) is 25.8 Å². The molecule has 0 bridgehead atoms. The first-order valence-electron chi connectivity index (χ1n) is 8.02. The van der Waals surface area contributed by atoms with Crippen molar-refractivity contribution in [2.45, 2.75) is 59.4 Å². The van der Waals surface area contributed by atoms with Crippen LogP contribution in [0.25, 0.3) is 0 Å². The van der Waals surface area contributed by atoms with Gasteiger partial charge in [0, 0.05) is 6.04 Å². The van der Waals surface area contributed by atoms with Crippen molar-refractivity contribution < 1.29 is 9.53 Å². The molecule has 1 atom stereocenters. The maximum atomic E-state index is 11.7. The minimum atomic E-state index is -0.115. The summed E-state index contributed by atoms with van der Waals surface area (Å²) in [5, 5.41) is 3.49. The molecule has 0 radical (unpaired) electrons. The van der Waals surface area contributed by atoms with E-state index in [1.165, 1.54) is 16.7 Å². The van der Waals surface area contributed by atoms with E-state index in [-0.39, 0.29) is 12.0 Å². The first-order valence-corrected chi connectivity index (χ1v) is 8.02. The number of rotatable bonds is 9. The van der Waals surface area contributed by atoms with Gasteiger partial charge in [0.05, 0.1) is 13.0 Å². The molecule has 118 valence electrons. The molecule has 1 rings (SSSR count). The summed E-state index contributed by atoms with van der Waals surface area (Å²) in [5.74, 6) is -0.115. The summed E-state index contributed by atoms with van der Waals surface area (Å²) in [5.41, 5.74) is 3.88. The first-order chi connectivity index (χ1) is 10.1. The van der Waals surface area contributed by atoms with Crippen LogP contribution in [0, 0.1) is 13.8 Å². The molecular weight excluding hydrogens is 262 g/mol. The smallest absolute Gasteiger partial charge is 0.307 e. The second-order valence-electron chi connectivity index (χ2n) is 5.64. The van der Waals surface area contributed by atoms with Crippen LogP contribution >= 0.6 is 0 Å². The molecule has 0 saturated carbocycles. The van der Waals surface area contributed by atoms with Crippen molar-refractivity contribution in [3.8, 4) is 0 Å². The molecule has 0 spiro atoms. The van der Waals surface area contributed by atoms with Crippen LogP contribution in [0.3, 0.4) is 0 Å². The van der Waals surface area contributed by atoms with Gasteiger partial charge in [-0.3, -0.25) is 4.79 Å². The number of esters is 1. The normalized spacial score (nSPS) is 12.2. The van der Waals surface area contributed by atoms with E-state index in [4.69, 9.17) is 4.74 Å². The number of nitrogens with one attached hydrogen (secondary N) is 1. The molecule has 1 unspecified atom stereocenters. The summed E-state index contributed by atoms with van der Waals surface area (Å²) in [4.78, 5) is 11.7. The number of ether oxygens (including phenoxy) is 1. The molecule has 1 N–H and O–H groups in total. The Kier molecular flexibility index (Phi) is 8.06. The zero-order chi connectivity index (χ0) is 15.7. The molecule has 1 aromatic carbocycles. The minimum Gasteiger partial charge on any atom is -0.466 e. The first kappa shape index (κ1) is 17.7. The number of benzene rings is 1. The summed E-state index contributed by atoms with van der Waals surface area (Å²) < 4.78 is 5.08. The molecule has 3 nitrogen and oxygen atoms in total. The van der Waals surface area contributed by atoms with E-state index in [1.807, 2.05) is 6.92 Å². The van der Waals surface area contributed by atoms with Gasteiger partial charge in [-0.15, -0.1) is 0 Å². The van der Waals surface area contributed by atoms with E-state index in [1.54, 1.807) is 0 Å². The highest BCUT2D eigenvalue weighted by atomic mass is 16.5. The average Bonchev–Trinajstić information content (AvgIpc) is 2.43. The zero-order valence-corrected chi connectivity index (χ0v) is 13.9. The van der Waals surface area contributed by atoms with Gasteiger partial charge in [-0.05, 0) is 56.8 Å². The van der Waals surface area contributed by atoms with Gasteiger partial charge in [0.2, 0.25) is 0 Å². The lowest BCUT2D eigenvalue weighted by Gasteiger charge is -2.18. The van der Waals surface area contributed by atoms with Crippen LogP contribution in [0.1, 0.15) is 49.8 Å². The Hall–Kier alpha value is -1.35. The Morgan fingerprint density at radius 3 is 2.62 bits per heavy atom. The molecule has 0 aliphatic heterocycles. The standard InChI is InChI=1S/C18H29NO2/c1-5-7-10-19-17(13-18(20)21-6-2)12-16-9-8-14(3)15(4)11-16/h8-9,11,17,19H,5-7,10,12-13H2,1-4H3. The lowest BCUT2D eigenvalue weighted by molar-refractivity contribution is -0.143. The van der Waals surface area contributed by atoms with Gasteiger partial charge in [0.25, 0.3) is 0 Å². The van der Waals surface area contributed by atoms with E-state index in [2.05, 4.69) is 44.3 Å². The van der Waals surface area contributed by atoms with Crippen LogP contribution in [-0.4, -0.2) is 25.2 Å². The number of carbonyl (C=O) groups is 1. The Bertz CT molecular complexity index is 443. The van der Waals surface area contributed by atoms with Crippen LogP contribution < -0.4 is 5.32 Å². The highest BCUT2D eigenvalue weighted by molar-refractivity contribution is 5.70. The molecule has 0 amide bonds. The predicted molar refractivity (Wildman–Crippen MR) is 87.6 cm³/mol. The van der Waals surface area contributed by atoms with Crippen LogP contribution in [0.15, 0.2) is 18.2 Å². The van der Waals surface area contributed by atoms with Crippen molar-refractivity contribution in [3.05, 3.63) is 34.9 Å². The zero-order valence-electron chi connectivity index (χ0n) is 13.9. The number of hydrogen-bond acceptors (Lipinski definition) is 3. The van der Waals surface area contributed by atoms with Crippen molar-refractivity contribution in [1.29, 1.82) is 0 Å². The lowest BCUT2D eigenvalue weighted by Crippen LogP contribution is -2.34. The predicted octanol–water partition coefficient (Wildman–Crippen LogP) is 3.56. The SMILES string of the molecule is CCCCNC(CC(=O)OCC)Cc1ccc(C)c(C)c1. The van der Waals surface area contributed by atoms with E-state index < -0.39 is 0 Å². The van der Waals surface area contributed by atoms with Crippen LogP contribution in [0.4, 0.5) is 0 Å². The Labute approximate surface area is 129 Å². The highest BCUT2D eigenvalue weighted by Crippen LogP contribution is 2.13. The number of unbranched alkanes of at least 4 members (excludes halogenated alkanes) is 1. The lowest BCUT2D eigenvalue weighted by atomic mass is 9.99. The molecule has 3 heteroatoms. The quantitative estimate of drug-likeness (QED) is 0.558. The van der Waals surface area contributed by atoms with Crippen LogP contribution in [0.5, 0.6) is 0 Å². The molecule has 0 aromatic heterocycles. The van der Waals surface area contributed by atoms with Crippen LogP contribution in [-0.2, 0) is 16.0 Å². The van der Waals surface area contributed by atoms with Crippen LogP contribution in [0.2, 0.25) is 0 Å². The van der Waals surface area contributed by atoms with Gasteiger partial charge >= 0.3 is 5.97 Å². The van der Waals surface area contributed by atoms with Crippen molar-refractivity contribution in [1.82, 2.24) is 5.32 Å². The Morgan fingerprint density at radius 2 is 2.00 bits per heavy atom. The van der Waals surface area contributed by atoms with E-state index in [0.29, 0.717) is 13.0 Å². The second kappa shape index (κ2) is 9.56. The summed E-state index contributed by atoms with van der Waals surface area (Å²) >= 11 is 0. The van der Waals surface area contributed by atoms with Gasteiger partial charge in [0.15, 0.2) is 0 Å². The summed E-state index contributed by atoms with van der Waals surface area (Å²) in [6.07, 6.45) is 3.59. The fourth-order valence-electron chi connectivity index (χ4n) is 2.34. The van der Waals surface area contributed by atoms with E-state index >= 15 is 0 Å². The summed E-state index contributed by atoms with van der Waals surface area (Å²) in [6, 6.07) is 6.67. The van der Waals surface area contributed by atoms with Gasteiger partial charge in [-0.1, -0.05) is 31.5 Å². The molecule has 0 aliphatic rings. The fraction of sp³-hybridized carbons (Fsp3) is 0.611. The van der Waals surface area contributed by atoms with Crippen molar-refractivity contribution in [2.75, 3.05) is 13.2 Å². The monoisotopic (exact) mass is 291 g/mol. The molecule has 0 heterocycles. The average molecular weight is 291 g/mol. The number of hydrogen-bond donors (Lipinski definition) is 1. The highest BCUT2D eigenvalue weighted by Gasteiger charge is 2.15. The number of aryl methyl sites for hydroxylation is 2. The molecule has 0 fully saturated rings. The molecular formula is C18H29NO2. The third-order valence-corrected chi connectivity index (χ3v) is 3.74. The van der Waals surface area contributed by atoms with Gasteiger partial charge in [-0.2, -0.15) is 0 Å².